The van der Waals surface area contributed by atoms with Gasteiger partial charge in [-0.05, 0) is 25.0 Å². The summed E-state index contributed by atoms with van der Waals surface area (Å²) in [5, 5.41) is 3.13. The number of hydrogen-bond acceptors (Lipinski definition) is 3. The fourth-order valence-electron chi connectivity index (χ4n) is 1.36. The molecule has 1 aromatic carbocycles. The number of alkyl halides is 1. The van der Waals surface area contributed by atoms with Crippen LogP contribution in [0.2, 0.25) is 0 Å². The summed E-state index contributed by atoms with van der Waals surface area (Å²) < 4.78 is 5.49. The van der Waals surface area contributed by atoms with E-state index in [2.05, 4.69) is 10.3 Å². The van der Waals surface area contributed by atoms with Crippen LogP contribution in [-0.2, 0) is 0 Å². The number of benzene rings is 1. The number of halogens is 1. The van der Waals surface area contributed by atoms with Gasteiger partial charge in [0.25, 0.3) is 6.01 Å². The van der Waals surface area contributed by atoms with Crippen LogP contribution in [0.25, 0.3) is 11.1 Å². The Morgan fingerprint density at radius 3 is 2.93 bits per heavy atom. The summed E-state index contributed by atoms with van der Waals surface area (Å²) in [6.45, 7) is 0.847. The molecule has 0 fully saturated rings. The van der Waals surface area contributed by atoms with Crippen LogP contribution in [0.1, 0.15) is 12.8 Å². The highest BCUT2D eigenvalue weighted by molar-refractivity contribution is 6.17. The Labute approximate surface area is 93.4 Å². The lowest BCUT2D eigenvalue weighted by Gasteiger charge is -1.98. The van der Waals surface area contributed by atoms with E-state index in [0.717, 1.165) is 30.5 Å². The van der Waals surface area contributed by atoms with Crippen molar-refractivity contribution in [1.82, 2.24) is 4.98 Å². The normalized spacial score (nSPS) is 10.7. The number of rotatable bonds is 5. The zero-order valence-corrected chi connectivity index (χ0v) is 9.13. The van der Waals surface area contributed by atoms with Crippen LogP contribution < -0.4 is 5.32 Å². The van der Waals surface area contributed by atoms with Crippen LogP contribution in [-0.4, -0.2) is 17.4 Å². The first-order valence-corrected chi connectivity index (χ1v) is 5.59. The Hall–Kier alpha value is -1.22. The highest BCUT2D eigenvalue weighted by Crippen LogP contribution is 2.17. The first kappa shape index (κ1) is 10.3. The van der Waals surface area contributed by atoms with Crippen molar-refractivity contribution in [2.24, 2.45) is 0 Å². The third-order valence-corrected chi connectivity index (χ3v) is 2.40. The lowest BCUT2D eigenvalue weighted by atomic mass is 10.3. The number of fused-ring (bicyclic) bond motifs is 1. The Kier molecular flexibility index (Phi) is 3.45. The molecule has 0 spiro atoms. The monoisotopic (exact) mass is 224 g/mol. The number of aromatic nitrogens is 1. The fourth-order valence-corrected chi connectivity index (χ4v) is 1.55. The zero-order chi connectivity index (χ0) is 10.5. The van der Waals surface area contributed by atoms with Crippen LogP contribution in [0.3, 0.4) is 0 Å². The molecule has 0 saturated carbocycles. The van der Waals surface area contributed by atoms with Crippen molar-refractivity contribution in [2.45, 2.75) is 12.8 Å². The number of anilines is 1. The maximum atomic E-state index is 5.58. The van der Waals surface area contributed by atoms with Gasteiger partial charge in [-0.3, -0.25) is 0 Å². The van der Waals surface area contributed by atoms with Crippen LogP contribution in [0, 0.1) is 0 Å². The van der Waals surface area contributed by atoms with Crippen LogP contribution in [0.15, 0.2) is 28.7 Å². The molecule has 0 unspecified atom stereocenters. The number of unbranched alkanes of at least 4 members (excludes halogenated alkanes) is 1. The summed E-state index contributed by atoms with van der Waals surface area (Å²) in [6.07, 6.45) is 2.04. The van der Waals surface area contributed by atoms with Gasteiger partial charge in [0.1, 0.15) is 5.52 Å². The van der Waals surface area contributed by atoms with Crippen LogP contribution in [0.5, 0.6) is 0 Å². The molecular weight excluding hydrogens is 212 g/mol. The van der Waals surface area contributed by atoms with Crippen LogP contribution in [0.4, 0.5) is 6.01 Å². The van der Waals surface area contributed by atoms with E-state index in [1.54, 1.807) is 0 Å². The fraction of sp³-hybridized carbons (Fsp3) is 0.364. The molecular formula is C11H13ClN2O. The van der Waals surface area contributed by atoms with Gasteiger partial charge in [-0.1, -0.05) is 12.1 Å². The summed E-state index contributed by atoms with van der Waals surface area (Å²) in [7, 11) is 0. The van der Waals surface area contributed by atoms with Gasteiger partial charge in [-0.25, -0.2) is 0 Å². The Morgan fingerprint density at radius 1 is 1.27 bits per heavy atom. The molecule has 0 bridgehead atoms. The van der Waals surface area contributed by atoms with Crippen molar-refractivity contribution in [3.05, 3.63) is 24.3 Å². The standard InChI is InChI=1S/C11H13ClN2O/c12-7-3-4-8-13-11-14-9-5-1-2-6-10(9)15-11/h1-2,5-6H,3-4,7-8H2,(H,13,14). The van der Waals surface area contributed by atoms with Crippen LogP contribution >= 0.6 is 11.6 Å². The first-order valence-electron chi connectivity index (χ1n) is 5.05. The second kappa shape index (κ2) is 5.03. The highest BCUT2D eigenvalue weighted by atomic mass is 35.5. The number of para-hydroxylation sites is 2. The molecule has 4 heteroatoms. The van der Waals surface area contributed by atoms with E-state index >= 15 is 0 Å². The summed E-state index contributed by atoms with van der Waals surface area (Å²) in [6, 6.07) is 8.31. The molecule has 0 aliphatic heterocycles. The smallest absolute Gasteiger partial charge is 0.295 e. The molecule has 80 valence electrons. The van der Waals surface area contributed by atoms with E-state index in [4.69, 9.17) is 16.0 Å². The van der Waals surface area contributed by atoms with Crippen molar-refractivity contribution in [3.8, 4) is 0 Å². The van der Waals surface area contributed by atoms with E-state index < -0.39 is 0 Å². The third kappa shape index (κ3) is 2.63. The number of hydrogen-bond donors (Lipinski definition) is 1. The van der Waals surface area contributed by atoms with Gasteiger partial charge in [0.2, 0.25) is 0 Å². The van der Waals surface area contributed by atoms with E-state index in [1.807, 2.05) is 24.3 Å². The molecule has 0 aliphatic rings. The minimum Gasteiger partial charge on any atom is -0.424 e. The molecule has 0 aliphatic carbocycles. The second-order valence-corrected chi connectivity index (χ2v) is 3.69. The van der Waals surface area contributed by atoms with E-state index in [0.29, 0.717) is 11.9 Å². The van der Waals surface area contributed by atoms with E-state index in [9.17, 15) is 0 Å². The molecule has 1 aromatic heterocycles. The largest absolute Gasteiger partial charge is 0.424 e. The number of oxazole rings is 1. The summed E-state index contributed by atoms with van der Waals surface area (Å²) in [4.78, 5) is 4.30. The minimum atomic E-state index is 0.589. The van der Waals surface area contributed by atoms with Crippen molar-refractivity contribution < 1.29 is 4.42 Å². The lowest BCUT2D eigenvalue weighted by Crippen LogP contribution is -2.01. The van der Waals surface area contributed by atoms with E-state index in [-0.39, 0.29) is 0 Å². The first-order chi connectivity index (χ1) is 7.40. The van der Waals surface area contributed by atoms with Crippen molar-refractivity contribution >= 4 is 28.7 Å². The molecule has 0 atom stereocenters. The summed E-state index contributed by atoms with van der Waals surface area (Å²) >= 11 is 5.58. The molecule has 1 N–H and O–H groups in total. The maximum absolute atomic E-state index is 5.58. The highest BCUT2D eigenvalue weighted by Gasteiger charge is 2.02. The minimum absolute atomic E-state index is 0.589. The molecule has 0 amide bonds. The summed E-state index contributed by atoms with van der Waals surface area (Å²) in [5.41, 5.74) is 1.70. The van der Waals surface area contributed by atoms with Gasteiger partial charge < -0.3 is 9.73 Å². The number of nitrogens with one attached hydrogen (secondary N) is 1. The molecule has 3 nitrogen and oxygen atoms in total. The molecule has 2 rings (SSSR count). The molecule has 15 heavy (non-hydrogen) atoms. The van der Waals surface area contributed by atoms with Gasteiger partial charge in [0, 0.05) is 12.4 Å². The van der Waals surface area contributed by atoms with Gasteiger partial charge in [0.05, 0.1) is 0 Å². The Bertz CT molecular complexity index is 394. The zero-order valence-electron chi connectivity index (χ0n) is 8.37. The average Bonchev–Trinajstić information content (AvgIpc) is 2.67. The average molecular weight is 225 g/mol. The number of nitrogens with zero attached hydrogens (tertiary/aromatic N) is 1. The van der Waals surface area contributed by atoms with Gasteiger partial charge >= 0.3 is 0 Å². The summed E-state index contributed by atoms with van der Waals surface area (Å²) in [5.74, 6) is 0.704. The van der Waals surface area contributed by atoms with Gasteiger partial charge in [-0.15, -0.1) is 11.6 Å². The molecule has 0 radical (unpaired) electrons. The SMILES string of the molecule is ClCCCCNc1nc2ccccc2o1. The van der Waals surface area contributed by atoms with Gasteiger partial charge in [-0.2, -0.15) is 4.98 Å². The second-order valence-electron chi connectivity index (χ2n) is 3.31. The molecule has 0 saturated heterocycles. The van der Waals surface area contributed by atoms with Gasteiger partial charge in [0.15, 0.2) is 5.58 Å². The predicted molar refractivity (Wildman–Crippen MR) is 62.5 cm³/mol. The Morgan fingerprint density at radius 2 is 2.13 bits per heavy atom. The van der Waals surface area contributed by atoms with Crippen molar-refractivity contribution in [3.63, 3.8) is 0 Å². The molecule has 1 heterocycles. The maximum Gasteiger partial charge on any atom is 0.295 e. The topological polar surface area (TPSA) is 38.1 Å². The van der Waals surface area contributed by atoms with E-state index in [1.165, 1.54) is 0 Å². The molecule has 2 aromatic rings. The van der Waals surface area contributed by atoms with Crippen molar-refractivity contribution in [2.75, 3.05) is 17.7 Å². The quantitative estimate of drug-likeness (QED) is 0.626. The van der Waals surface area contributed by atoms with Crippen molar-refractivity contribution in [1.29, 1.82) is 0 Å². The lowest BCUT2D eigenvalue weighted by molar-refractivity contribution is 0.611. The third-order valence-electron chi connectivity index (χ3n) is 2.13. The Balaban J connectivity index is 1.97. The predicted octanol–water partition coefficient (Wildman–Crippen LogP) is 3.26.